The first-order valence-corrected chi connectivity index (χ1v) is 5.70. The maximum atomic E-state index is 11.3. The summed E-state index contributed by atoms with van der Waals surface area (Å²) in [5.41, 5.74) is 6.03. The molecule has 0 unspecified atom stereocenters. The molecule has 0 saturated carbocycles. The van der Waals surface area contributed by atoms with Gasteiger partial charge in [-0.05, 0) is 48.6 Å². The van der Waals surface area contributed by atoms with Crippen molar-refractivity contribution >= 4 is 16.9 Å². The lowest BCUT2D eigenvalue weighted by molar-refractivity contribution is 0.101. The zero-order chi connectivity index (χ0) is 11.7. The summed E-state index contributed by atoms with van der Waals surface area (Å²) in [4.78, 5) is 11.3. The number of Topliss-reactive ketones (excluding diaryl/α,β-unsaturated/α-hetero) is 1. The number of hydrogen-bond donors (Lipinski definition) is 0. The number of ketones is 1. The Balaban J connectivity index is 2.48. The number of hydrogen-bond acceptors (Lipinski definition) is 1. The number of benzene rings is 1. The van der Waals surface area contributed by atoms with E-state index in [-0.39, 0.29) is 5.78 Å². The summed E-state index contributed by atoms with van der Waals surface area (Å²) < 4.78 is 0. The average Bonchev–Trinajstić information content (AvgIpc) is 2.26. The monoisotopic (exact) mass is 212 g/mol. The molecule has 1 nitrogen and oxygen atoms in total. The highest BCUT2D eigenvalue weighted by molar-refractivity contribution is 6.09. The smallest absolute Gasteiger partial charge is 0.159 e. The van der Waals surface area contributed by atoms with Crippen LogP contribution in [0.1, 0.15) is 48.7 Å². The number of rotatable bonds is 3. The predicted molar refractivity (Wildman–Crippen MR) is 68.4 cm³/mol. The lowest BCUT2D eigenvalue weighted by Crippen LogP contribution is -2.07. The van der Waals surface area contributed by atoms with Crippen LogP contribution in [0.5, 0.6) is 0 Å². The third kappa shape index (κ3) is 1.53. The van der Waals surface area contributed by atoms with Crippen molar-refractivity contribution < 1.29 is 4.79 Å². The number of allylic oxidation sites excluding steroid dienone is 4. The Kier molecular flexibility index (Phi) is 2.78. The van der Waals surface area contributed by atoms with Crippen LogP contribution in [0.4, 0.5) is 0 Å². The van der Waals surface area contributed by atoms with Crippen LogP contribution in [0, 0.1) is 0 Å². The van der Waals surface area contributed by atoms with Crippen LogP contribution < -0.4 is 0 Å². The van der Waals surface area contributed by atoms with E-state index in [4.69, 9.17) is 0 Å². The van der Waals surface area contributed by atoms with Crippen molar-refractivity contribution in [3.05, 3.63) is 47.0 Å². The predicted octanol–water partition coefficient (Wildman–Crippen LogP) is 4.10. The van der Waals surface area contributed by atoms with Crippen molar-refractivity contribution in [2.24, 2.45) is 0 Å². The average molecular weight is 212 g/mol. The summed E-state index contributed by atoms with van der Waals surface area (Å²) in [6, 6.07) is 5.99. The minimum atomic E-state index is 0.132. The van der Waals surface area contributed by atoms with Gasteiger partial charge in [-0.15, -0.1) is 0 Å². The van der Waals surface area contributed by atoms with Gasteiger partial charge in [0.05, 0.1) is 0 Å². The van der Waals surface area contributed by atoms with E-state index in [1.807, 2.05) is 25.1 Å². The third-order valence-corrected chi connectivity index (χ3v) is 3.05. The molecule has 1 aliphatic rings. The first kappa shape index (κ1) is 10.9. The lowest BCUT2D eigenvalue weighted by atomic mass is 9.78. The minimum Gasteiger partial charge on any atom is -0.295 e. The van der Waals surface area contributed by atoms with Gasteiger partial charge in [0.15, 0.2) is 5.78 Å². The molecule has 0 fully saturated rings. The summed E-state index contributed by atoms with van der Waals surface area (Å²) in [6.07, 6.45) is 5.23. The molecule has 0 amide bonds. The first-order chi connectivity index (χ1) is 7.69. The molecule has 0 spiro atoms. The molecule has 0 aromatic heterocycles. The van der Waals surface area contributed by atoms with Crippen LogP contribution in [0.3, 0.4) is 0 Å². The summed E-state index contributed by atoms with van der Waals surface area (Å²) in [5.74, 6) is 0.132. The standard InChI is InChI=1S/C15H16O/c1-4-6-13-12(5-2)14-8-7-11(10(3)16)9-15(13)14/h4,6-9H,5H2,1-3H3/b6-4-. The van der Waals surface area contributed by atoms with E-state index in [9.17, 15) is 4.79 Å². The van der Waals surface area contributed by atoms with Gasteiger partial charge in [-0.3, -0.25) is 4.79 Å². The van der Waals surface area contributed by atoms with Crippen molar-refractivity contribution in [2.75, 3.05) is 0 Å². The second-order valence-corrected chi connectivity index (χ2v) is 4.06. The topological polar surface area (TPSA) is 17.1 Å². The molecule has 16 heavy (non-hydrogen) atoms. The van der Waals surface area contributed by atoms with E-state index in [0.29, 0.717) is 0 Å². The van der Waals surface area contributed by atoms with Gasteiger partial charge in [0, 0.05) is 5.56 Å². The molecule has 0 saturated heterocycles. The molecule has 82 valence electrons. The van der Waals surface area contributed by atoms with Crippen LogP contribution in [-0.4, -0.2) is 5.78 Å². The fourth-order valence-electron chi connectivity index (χ4n) is 2.23. The Hall–Kier alpha value is -1.63. The molecular weight excluding hydrogens is 196 g/mol. The summed E-state index contributed by atoms with van der Waals surface area (Å²) in [7, 11) is 0. The van der Waals surface area contributed by atoms with Crippen LogP contribution >= 0.6 is 0 Å². The number of carbonyl (C=O) groups is 1. The Morgan fingerprint density at radius 1 is 1.31 bits per heavy atom. The highest BCUT2D eigenvalue weighted by Gasteiger charge is 2.22. The second-order valence-electron chi connectivity index (χ2n) is 4.06. The Morgan fingerprint density at radius 3 is 2.62 bits per heavy atom. The van der Waals surface area contributed by atoms with Crippen molar-refractivity contribution in [1.29, 1.82) is 0 Å². The van der Waals surface area contributed by atoms with Gasteiger partial charge < -0.3 is 0 Å². The maximum Gasteiger partial charge on any atom is 0.159 e. The van der Waals surface area contributed by atoms with E-state index in [2.05, 4.69) is 19.1 Å². The third-order valence-electron chi connectivity index (χ3n) is 3.05. The fourth-order valence-corrected chi connectivity index (χ4v) is 2.23. The van der Waals surface area contributed by atoms with Crippen molar-refractivity contribution in [2.45, 2.75) is 27.2 Å². The molecule has 1 aromatic rings. The molecular formula is C15H16O. The molecule has 0 radical (unpaired) electrons. The largest absolute Gasteiger partial charge is 0.295 e. The minimum absolute atomic E-state index is 0.132. The summed E-state index contributed by atoms with van der Waals surface area (Å²) >= 11 is 0. The van der Waals surface area contributed by atoms with Gasteiger partial charge in [0.1, 0.15) is 0 Å². The van der Waals surface area contributed by atoms with Crippen molar-refractivity contribution in [1.82, 2.24) is 0 Å². The zero-order valence-electron chi connectivity index (χ0n) is 10.0. The van der Waals surface area contributed by atoms with E-state index in [1.165, 1.54) is 22.3 Å². The summed E-state index contributed by atoms with van der Waals surface area (Å²) in [6.45, 7) is 5.80. The molecule has 0 N–H and O–H groups in total. The fraction of sp³-hybridized carbons (Fsp3) is 0.267. The molecule has 0 bridgehead atoms. The Labute approximate surface area is 96.5 Å². The van der Waals surface area contributed by atoms with E-state index < -0.39 is 0 Å². The zero-order valence-corrected chi connectivity index (χ0v) is 10.0. The SMILES string of the molecule is C/C=C\C1=C(CC)c2ccc(C(C)=O)cc21. The Bertz CT molecular complexity index is 504. The van der Waals surface area contributed by atoms with E-state index >= 15 is 0 Å². The molecule has 1 aromatic carbocycles. The normalized spacial score (nSPS) is 13.9. The molecule has 0 heterocycles. The Morgan fingerprint density at radius 2 is 2.06 bits per heavy atom. The van der Waals surface area contributed by atoms with Crippen molar-refractivity contribution in [3.8, 4) is 0 Å². The second kappa shape index (κ2) is 4.09. The van der Waals surface area contributed by atoms with Gasteiger partial charge in [0.2, 0.25) is 0 Å². The van der Waals surface area contributed by atoms with Crippen LogP contribution in [-0.2, 0) is 0 Å². The first-order valence-electron chi connectivity index (χ1n) is 5.70. The van der Waals surface area contributed by atoms with Crippen LogP contribution in [0.25, 0.3) is 11.1 Å². The molecule has 1 heteroatoms. The van der Waals surface area contributed by atoms with E-state index in [0.717, 1.165) is 12.0 Å². The molecule has 0 atom stereocenters. The summed E-state index contributed by atoms with van der Waals surface area (Å²) in [5, 5.41) is 0. The van der Waals surface area contributed by atoms with Gasteiger partial charge >= 0.3 is 0 Å². The van der Waals surface area contributed by atoms with Gasteiger partial charge in [0.25, 0.3) is 0 Å². The number of carbonyl (C=O) groups excluding carboxylic acids is 1. The van der Waals surface area contributed by atoms with E-state index in [1.54, 1.807) is 6.92 Å². The van der Waals surface area contributed by atoms with Crippen LogP contribution in [0.2, 0.25) is 0 Å². The molecule has 1 aliphatic carbocycles. The van der Waals surface area contributed by atoms with Gasteiger partial charge in [-0.1, -0.05) is 31.2 Å². The van der Waals surface area contributed by atoms with Crippen LogP contribution in [0.15, 0.2) is 30.4 Å². The van der Waals surface area contributed by atoms with Gasteiger partial charge in [-0.2, -0.15) is 0 Å². The molecule has 0 aliphatic heterocycles. The number of fused-ring (bicyclic) bond motifs is 1. The molecule has 2 rings (SSSR count). The quantitative estimate of drug-likeness (QED) is 0.689. The highest BCUT2D eigenvalue weighted by atomic mass is 16.1. The van der Waals surface area contributed by atoms with Crippen molar-refractivity contribution in [3.63, 3.8) is 0 Å². The maximum absolute atomic E-state index is 11.3. The highest BCUT2D eigenvalue weighted by Crippen LogP contribution is 2.43. The van der Waals surface area contributed by atoms with Gasteiger partial charge in [-0.25, -0.2) is 0 Å². The lowest BCUT2D eigenvalue weighted by Gasteiger charge is -2.26.